The Morgan fingerprint density at radius 2 is 1.71 bits per heavy atom. The predicted octanol–water partition coefficient (Wildman–Crippen LogP) is 2.44. The number of hydrogen-bond acceptors (Lipinski definition) is 4. The fraction of sp³-hybridized carbons (Fsp3) is 0.200. The maximum absolute atomic E-state index is 12.3. The normalized spacial score (nSPS) is 12.9. The fourth-order valence-electron chi connectivity index (χ4n) is 1.94. The van der Waals surface area contributed by atoms with Crippen LogP contribution in [0.2, 0.25) is 0 Å². The third kappa shape index (κ3) is 3.53. The average Bonchev–Trinajstić information content (AvgIpc) is 2.47. The second-order valence-electron chi connectivity index (χ2n) is 4.58. The van der Waals surface area contributed by atoms with Crippen LogP contribution in [0.1, 0.15) is 18.5 Å². The molecule has 0 spiro atoms. The zero-order valence-corrected chi connectivity index (χ0v) is 12.6. The molecule has 0 heterocycles. The van der Waals surface area contributed by atoms with Crippen LogP contribution in [0, 0.1) is 0 Å². The van der Waals surface area contributed by atoms with Gasteiger partial charge in [-0.2, -0.15) is 0 Å². The Morgan fingerprint density at radius 1 is 1.10 bits per heavy atom. The number of rotatable bonds is 5. The number of ether oxygens (including phenoxy) is 1. The molecule has 1 atom stereocenters. The summed E-state index contributed by atoms with van der Waals surface area (Å²) in [4.78, 5) is -0.134. The first-order valence-corrected chi connectivity index (χ1v) is 7.86. The van der Waals surface area contributed by atoms with Crippen molar-refractivity contribution >= 4 is 10.0 Å². The Bertz CT molecular complexity index is 711. The molecule has 0 bridgehead atoms. The van der Waals surface area contributed by atoms with E-state index >= 15 is 0 Å². The van der Waals surface area contributed by atoms with Crippen molar-refractivity contribution in [1.82, 2.24) is 4.72 Å². The van der Waals surface area contributed by atoms with Crippen molar-refractivity contribution in [3.63, 3.8) is 0 Å². The van der Waals surface area contributed by atoms with Crippen LogP contribution in [0.15, 0.2) is 53.4 Å². The van der Waals surface area contributed by atoms with Crippen LogP contribution in [-0.4, -0.2) is 20.6 Å². The van der Waals surface area contributed by atoms with Gasteiger partial charge in [0.2, 0.25) is 10.0 Å². The molecule has 0 fully saturated rings. The van der Waals surface area contributed by atoms with Gasteiger partial charge >= 0.3 is 0 Å². The zero-order chi connectivity index (χ0) is 15.5. The number of benzene rings is 2. The van der Waals surface area contributed by atoms with E-state index in [0.29, 0.717) is 5.75 Å². The molecule has 0 aliphatic carbocycles. The van der Waals surface area contributed by atoms with Gasteiger partial charge in [0.15, 0.2) is 0 Å². The second-order valence-corrected chi connectivity index (χ2v) is 6.27. The van der Waals surface area contributed by atoms with E-state index in [4.69, 9.17) is 4.74 Å². The Labute approximate surface area is 124 Å². The standard InChI is InChI=1S/C15H17NO4S/c1-11(12-7-9-13(20-2)10-8-12)16-21(18,19)15-6-4-3-5-14(15)17/h3-11,16-17H,1-2H3. The molecular formula is C15H17NO4S. The lowest BCUT2D eigenvalue weighted by molar-refractivity contribution is 0.414. The Balaban J connectivity index is 2.21. The molecule has 0 saturated heterocycles. The summed E-state index contributed by atoms with van der Waals surface area (Å²) in [6.07, 6.45) is 0. The molecule has 2 rings (SSSR count). The van der Waals surface area contributed by atoms with Gasteiger partial charge < -0.3 is 9.84 Å². The van der Waals surface area contributed by atoms with Crippen LogP contribution >= 0.6 is 0 Å². The molecule has 2 aromatic rings. The van der Waals surface area contributed by atoms with Gasteiger partial charge in [-0.25, -0.2) is 13.1 Å². The summed E-state index contributed by atoms with van der Waals surface area (Å²) in [7, 11) is -2.22. The number of para-hydroxylation sites is 1. The molecule has 6 heteroatoms. The lowest BCUT2D eigenvalue weighted by Crippen LogP contribution is -2.26. The van der Waals surface area contributed by atoms with Crippen LogP contribution < -0.4 is 9.46 Å². The second kappa shape index (κ2) is 6.15. The molecule has 112 valence electrons. The summed E-state index contributed by atoms with van der Waals surface area (Å²) in [6.45, 7) is 1.74. The number of phenolic OH excluding ortho intramolecular Hbond substituents is 1. The Hall–Kier alpha value is -2.05. The van der Waals surface area contributed by atoms with Crippen LogP contribution in [0.5, 0.6) is 11.5 Å². The fourth-order valence-corrected chi connectivity index (χ4v) is 3.27. The molecule has 1 unspecified atom stereocenters. The van der Waals surface area contributed by atoms with Gasteiger partial charge in [0.05, 0.1) is 7.11 Å². The van der Waals surface area contributed by atoms with E-state index in [0.717, 1.165) is 5.56 Å². The molecule has 0 aliphatic rings. The lowest BCUT2D eigenvalue weighted by atomic mass is 10.1. The highest BCUT2D eigenvalue weighted by molar-refractivity contribution is 7.89. The first-order chi connectivity index (χ1) is 9.94. The van der Waals surface area contributed by atoms with E-state index < -0.39 is 16.1 Å². The van der Waals surface area contributed by atoms with Gasteiger partial charge in [0.1, 0.15) is 16.4 Å². The zero-order valence-electron chi connectivity index (χ0n) is 11.8. The van der Waals surface area contributed by atoms with Gasteiger partial charge in [-0.05, 0) is 36.8 Å². The van der Waals surface area contributed by atoms with E-state index in [1.165, 1.54) is 12.1 Å². The molecule has 5 nitrogen and oxygen atoms in total. The van der Waals surface area contributed by atoms with E-state index in [2.05, 4.69) is 4.72 Å². The highest BCUT2D eigenvalue weighted by Gasteiger charge is 2.21. The van der Waals surface area contributed by atoms with Crippen molar-refractivity contribution in [3.05, 3.63) is 54.1 Å². The Kier molecular flexibility index (Phi) is 4.50. The summed E-state index contributed by atoms with van der Waals surface area (Å²) >= 11 is 0. The van der Waals surface area contributed by atoms with Crippen LogP contribution in [0.3, 0.4) is 0 Å². The van der Waals surface area contributed by atoms with Gasteiger partial charge in [-0.15, -0.1) is 0 Å². The summed E-state index contributed by atoms with van der Waals surface area (Å²) in [5.41, 5.74) is 0.801. The Morgan fingerprint density at radius 3 is 2.29 bits per heavy atom. The predicted molar refractivity (Wildman–Crippen MR) is 79.8 cm³/mol. The number of phenols is 1. The van der Waals surface area contributed by atoms with Gasteiger partial charge in [-0.1, -0.05) is 24.3 Å². The first-order valence-electron chi connectivity index (χ1n) is 6.38. The van der Waals surface area contributed by atoms with Crippen molar-refractivity contribution in [2.24, 2.45) is 0 Å². The SMILES string of the molecule is COc1ccc(C(C)NS(=O)(=O)c2ccccc2O)cc1. The number of nitrogens with one attached hydrogen (secondary N) is 1. The minimum absolute atomic E-state index is 0.134. The maximum Gasteiger partial charge on any atom is 0.244 e. The van der Waals surface area contributed by atoms with Crippen LogP contribution in [0.25, 0.3) is 0 Å². The van der Waals surface area contributed by atoms with E-state index in [-0.39, 0.29) is 10.6 Å². The summed E-state index contributed by atoms with van der Waals surface area (Å²) in [6, 6.07) is 12.5. The number of aromatic hydroxyl groups is 1. The third-order valence-corrected chi connectivity index (χ3v) is 4.69. The molecule has 21 heavy (non-hydrogen) atoms. The highest BCUT2D eigenvalue weighted by Crippen LogP contribution is 2.24. The van der Waals surface area contributed by atoms with Gasteiger partial charge in [0.25, 0.3) is 0 Å². The smallest absolute Gasteiger partial charge is 0.244 e. The number of methoxy groups -OCH3 is 1. The molecule has 0 saturated carbocycles. The number of sulfonamides is 1. The monoisotopic (exact) mass is 307 g/mol. The van der Waals surface area contributed by atoms with Crippen molar-refractivity contribution in [1.29, 1.82) is 0 Å². The largest absolute Gasteiger partial charge is 0.507 e. The molecule has 2 N–H and O–H groups in total. The van der Waals surface area contributed by atoms with Gasteiger partial charge in [-0.3, -0.25) is 0 Å². The minimum atomic E-state index is -3.79. The minimum Gasteiger partial charge on any atom is -0.507 e. The van der Waals surface area contributed by atoms with E-state index in [1.54, 1.807) is 50.4 Å². The molecule has 0 aromatic heterocycles. The maximum atomic E-state index is 12.3. The summed E-state index contributed by atoms with van der Waals surface area (Å²) in [5, 5.41) is 9.66. The summed E-state index contributed by atoms with van der Waals surface area (Å²) in [5.74, 6) is 0.432. The van der Waals surface area contributed by atoms with Crippen molar-refractivity contribution in [3.8, 4) is 11.5 Å². The first kappa shape index (κ1) is 15.3. The molecule has 0 amide bonds. The van der Waals surface area contributed by atoms with E-state index in [9.17, 15) is 13.5 Å². The summed E-state index contributed by atoms with van der Waals surface area (Å²) < 4.78 is 32.1. The molecule has 0 radical (unpaired) electrons. The topological polar surface area (TPSA) is 75.6 Å². The molecule has 0 aliphatic heterocycles. The molecule has 2 aromatic carbocycles. The lowest BCUT2D eigenvalue weighted by Gasteiger charge is -2.15. The van der Waals surface area contributed by atoms with E-state index in [1.807, 2.05) is 0 Å². The quantitative estimate of drug-likeness (QED) is 0.889. The van der Waals surface area contributed by atoms with Crippen molar-refractivity contribution in [2.45, 2.75) is 17.9 Å². The highest BCUT2D eigenvalue weighted by atomic mass is 32.2. The number of hydrogen-bond donors (Lipinski definition) is 2. The van der Waals surface area contributed by atoms with Crippen LogP contribution in [0.4, 0.5) is 0 Å². The molecular weight excluding hydrogens is 290 g/mol. The van der Waals surface area contributed by atoms with Crippen molar-refractivity contribution in [2.75, 3.05) is 7.11 Å². The average molecular weight is 307 g/mol. The van der Waals surface area contributed by atoms with Crippen LogP contribution in [-0.2, 0) is 10.0 Å². The van der Waals surface area contributed by atoms with Crippen molar-refractivity contribution < 1.29 is 18.3 Å². The third-order valence-electron chi connectivity index (χ3n) is 3.10. The van der Waals surface area contributed by atoms with Gasteiger partial charge in [0, 0.05) is 6.04 Å².